The van der Waals surface area contributed by atoms with Crippen LogP contribution in [-0.4, -0.2) is 33.8 Å². The van der Waals surface area contributed by atoms with Crippen LogP contribution in [0.1, 0.15) is 24.8 Å². The fourth-order valence-corrected chi connectivity index (χ4v) is 5.85. The van der Waals surface area contributed by atoms with Gasteiger partial charge in [-0.1, -0.05) is 18.2 Å². The fourth-order valence-electron chi connectivity index (χ4n) is 2.91. The molecule has 1 fully saturated rings. The predicted molar refractivity (Wildman–Crippen MR) is 83.5 cm³/mol. The molecule has 0 saturated carbocycles. The summed E-state index contributed by atoms with van der Waals surface area (Å²) in [6, 6.07) is 7.30. The molecule has 2 aliphatic heterocycles. The number of fused-ring (bicyclic) bond motifs is 1. The van der Waals surface area contributed by atoms with Crippen molar-refractivity contribution in [3.05, 3.63) is 35.2 Å². The average molecular weight is 310 g/mol. The highest BCUT2D eigenvalue weighted by molar-refractivity contribution is 8.10. The van der Waals surface area contributed by atoms with Crippen LogP contribution in [0.3, 0.4) is 0 Å². The fraction of sp³-hybridized carbons (Fsp3) is 0.467. The first-order chi connectivity index (χ1) is 9.67. The molecule has 0 unspecified atom stereocenters. The monoisotopic (exact) mass is 310 g/mol. The van der Waals surface area contributed by atoms with Crippen molar-refractivity contribution in [1.29, 1.82) is 0 Å². The number of nitrogens with one attached hydrogen (secondary N) is 1. The van der Waals surface area contributed by atoms with Gasteiger partial charge in [-0.05, 0) is 25.3 Å². The van der Waals surface area contributed by atoms with Crippen molar-refractivity contribution in [2.45, 2.75) is 24.2 Å². The van der Waals surface area contributed by atoms with Crippen LogP contribution in [0, 0.1) is 0 Å². The third kappa shape index (κ3) is 2.95. The van der Waals surface area contributed by atoms with Crippen molar-refractivity contribution >= 4 is 26.5 Å². The van der Waals surface area contributed by atoms with Gasteiger partial charge in [-0.15, -0.1) is 11.8 Å². The average Bonchev–Trinajstić information content (AvgIpc) is 2.72. The molecule has 1 aromatic carbocycles. The Morgan fingerprint density at radius 2 is 1.85 bits per heavy atom. The molecule has 1 aromatic rings. The summed E-state index contributed by atoms with van der Waals surface area (Å²) in [7, 11) is -3.20. The largest absolute Gasteiger partial charge is 0.334 e. The zero-order valence-electron chi connectivity index (χ0n) is 11.5. The molecule has 2 heterocycles. The summed E-state index contributed by atoms with van der Waals surface area (Å²) in [6.07, 6.45) is 4.03. The molecule has 3 rings (SSSR count). The van der Waals surface area contributed by atoms with Gasteiger partial charge in [0.1, 0.15) is 0 Å². The number of rotatable bonds is 4. The Hall–Kier alpha value is -0.780. The zero-order valence-corrected chi connectivity index (χ0v) is 13.1. The highest BCUT2D eigenvalue weighted by Gasteiger charge is 2.26. The lowest BCUT2D eigenvalue weighted by atomic mass is 10.1. The van der Waals surface area contributed by atoms with Crippen LogP contribution in [0.2, 0.25) is 0 Å². The Bertz CT molecular complexity index is 617. The normalized spacial score (nSPS) is 21.5. The molecule has 3 nitrogen and oxygen atoms in total. The van der Waals surface area contributed by atoms with Gasteiger partial charge in [-0.2, -0.15) is 0 Å². The molecule has 20 heavy (non-hydrogen) atoms. The van der Waals surface area contributed by atoms with Crippen molar-refractivity contribution in [2.24, 2.45) is 0 Å². The summed E-state index contributed by atoms with van der Waals surface area (Å²) in [5.41, 5.74) is 0.881. The second-order valence-electron chi connectivity index (χ2n) is 5.43. The number of hydrogen-bond acceptors (Lipinski definition) is 3. The van der Waals surface area contributed by atoms with E-state index in [9.17, 15) is 8.42 Å². The zero-order chi connectivity index (χ0) is 14.0. The predicted octanol–water partition coefficient (Wildman–Crippen LogP) is 1.57. The molecule has 1 saturated heterocycles. The molecule has 0 atom stereocenters. The van der Waals surface area contributed by atoms with E-state index >= 15 is 0 Å². The van der Waals surface area contributed by atoms with Crippen LogP contribution in [0.4, 0.5) is 0 Å². The molecule has 0 bridgehead atoms. The summed E-state index contributed by atoms with van der Waals surface area (Å²) < 4.78 is 24.1. The van der Waals surface area contributed by atoms with Crippen molar-refractivity contribution in [3.8, 4) is 0 Å². The summed E-state index contributed by atoms with van der Waals surface area (Å²) in [4.78, 5) is 3.04. The number of piperidine rings is 1. The van der Waals surface area contributed by atoms with Gasteiger partial charge in [0.05, 0.1) is 24.5 Å². The van der Waals surface area contributed by atoms with Gasteiger partial charge in [0.15, 0.2) is 0 Å². The highest BCUT2D eigenvalue weighted by Crippen LogP contribution is 2.39. The molecule has 0 amide bonds. The second-order valence-corrected chi connectivity index (χ2v) is 8.33. The first-order valence-electron chi connectivity index (χ1n) is 7.19. The molecule has 0 aliphatic carbocycles. The van der Waals surface area contributed by atoms with Gasteiger partial charge in [-0.25, -0.2) is 8.42 Å². The van der Waals surface area contributed by atoms with Gasteiger partial charge >= 0.3 is 0 Å². The van der Waals surface area contributed by atoms with Crippen LogP contribution < -0.4 is 4.90 Å². The molecule has 5 heteroatoms. The number of thioether (sulfide) groups is 1. The molecular weight excluding hydrogens is 290 g/mol. The van der Waals surface area contributed by atoms with E-state index in [1.165, 1.54) is 37.8 Å². The number of sulfone groups is 1. The Kier molecular flexibility index (Phi) is 4.19. The number of quaternary nitrogens is 1. The van der Waals surface area contributed by atoms with Crippen LogP contribution in [0.25, 0.3) is 4.91 Å². The topological polar surface area (TPSA) is 38.6 Å². The Labute approximate surface area is 125 Å². The van der Waals surface area contributed by atoms with E-state index in [2.05, 4.69) is 0 Å². The molecule has 0 spiro atoms. The SMILES string of the molecule is O=S1(=O)C=C(SCC[NH+]2CCCCC2)c2ccccc21. The van der Waals surface area contributed by atoms with Gasteiger partial charge < -0.3 is 4.90 Å². The van der Waals surface area contributed by atoms with Gasteiger partial charge in [0.2, 0.25) is 9.84 Å². The van der Waals surface area contributed by atoms with Crippen LogP contribution in [-0.2, 0) is 9.84 Å². The lowest BCUT2D eigenvalue weighted by Gasteiger charge is -2.23. The summed E-state index contributed by atoms with van der Waals surface area (Å²) in [6.45, 7) is 3.67. The Morgan fingerprint density at radius 1 is 1.10 bits per heavy atom. The maximum Gasteiger partial charge on any atom is 0.201 e. The van der Waals surface area contributed by atoms with Gasteiger partial charge in [0.25, 0.3) is 0 Å². The van der Waals surface area contributed by atoms with Crippen molar-refractivity contribution in [3.63, 3.8) is 0 Å². The Balaban J connectivity index is 1.64. The Morgan fingerprint density at radius 3 is 2.65 bits per heavy atom. The van der Waals surface area contributed by atoms with E-state index in [1.807, 2.05) is 12.1 Å². The molecule has 2 aliphatic rings. The van der Waals surface area contributed by atoms with Gasteiger partial charge in [-0.3, -0.25) is 0 Å². The minimum atomic E-state index is -3.20. The van der Waals surface area contributed by atoms with Crippen LogP contribution >= 0.6 is 11.8 Å². The number of likely N-dealkylation sites (tertiary alicyclic amines) is 1. The van der Waals surface area contributed by atoms with Crippen LogP contribution in [0.15, 0.2) is 34.6 Å². The third-order valence-corrected chi connectivity index (χ3v) is 6.72. The van der Waals surface area contributed by atoms with Gasteiger partial charge in [0, 0.05) is 21.6 Å². The lowest BCUT2D eigenvalue weighted by Crippen LogP contribution is -3.13. The first kappa shape index (κ1) is 14.2. The third-order valence-electron chi connectivity index (χ3n) is 4.00. The molecule has 0 radical (unpaired) electrons. The summed E-state index contributed by atoms with van der Waals surface area (Å²) in [5.74, 6) is 0.991. The minimum absolute atomic E-state index is 0.466. The quantitative estimate of drug-likeness (QED) is 0.917. The van der Waals surface area contributed by atoms with E-state index in [-0.39, 0.29) is 0 Å². The standard InChI is InChI=1S/C15H19NO2S2/c17-20(18)12-14(13-6-2-3-7-15(13)20)19-11-10-16-8-4-1-5-9-16/h2-3,6-7,12H,1,4-5,8-11H2/p+1. The van der Waals surface area contributed by atoms with Crippen molar-refractivity contribution < 1.29 is 13.3 Å². The van der Waals surface area contributed by atoms with E-state index in [0.717, 1.165) is 22.8 Å². The number of benzene rings is 1. The van der Waals surface area contributed by atoms with E-state index in [4.69, 9.17) is 0 Å². The van der Waals surface area contributed by atoms with Crippen molar-refractivity contribution in [2.75, 3.05) is 25.4 Å². The maximum atomic E-state index is 12.0. The lowest BCUT2D eigenvalue weighted by molar-refractivity contribution is -0.902. The smallest absolute Gasteiger partial charge is 0.201 e. The molecule has 0 aromatic heterocycles. The summed E-state index contributed by atoms with van der Waals surface area (Å²) >= 11 is 1.68. The maximum absolute atomic E-state index is 12.0. The minimum Gasteiger partial charge on any atom is -0.334 e. The molecule has 1 N–H and O–H groups in total. The van der Waals surface area contributed by atoms with Crippen LogP contribution in [0.5, 0.6) is 0 Å². The van der Waals surface area contributed by atoms with Crippen molar-refractivity contribution in [1.82, 2.24) is 0 Å². The van der Waals surface area contributed by atoms with E-state index in [0.29, 0.717) is 4.90 Å². The first-order valence-corrected chi connectivity index (χ1v) is 9.72. The second kappa shape index (κ2) is 5.92. The van der Waals surface area contributed by atoms with E-state index in [1.54, 1.807) is 28.8 Å². The summed E-state index contributed by atoms with van der Waals surface area (Å²) in [5, 5.41) is 1.44. The molecule has 108 valence electrons. The highest BCUT2D eigenvalue weighted by atomic mass is 32.2. The number of hydrogen-bond donors (Lipinski definition) is 1. The van der Waals surface area contributed by atoms with E-state index < -0.39 is 9.84 Å². The molecular formula is C15H20NO2S2+.